The second-order valence-corrected chi connectivity index (χ2v) is 14.0. The Kier molecular flexibility index (Phi) is 6.75. The first kappa shape index (κ1) is 28.8. The molecule has 0 bridgehead atoms. The van der Waals surface area contributed by atoms with Crippen LogP contribution < -0.4 is 4.90 Å². The highest BCUT2D eigenvalue weighted by Gasteiger charge is 2.22. The summed E-state index contributed by atoms with van der Waals surface area (Å²) in [7, 11) is 0. The van der Waals surface area contributed by atoms with E-state index in [0.717, 1.165) is 5.69 Å². The number of fused-ring (bicyclic) bond motifs is 7. The Labute approximate surface area is 294 Å². The second-order valence-electron chi connectivity index (χ2n) is 12.9. The molecule has 0 radical (unpaired) electrons. The van der Waals surface area contributed by atoms with E-state index in [1.807, 2.05) is 11.3 Å². The van der Waals surface area contributed by atoms with E-state index in [-0.39, 0.29) is 0 Å². The van der Waals surface area contributed by atoms with Crippen LogP contribution in [0.1, 0.15) is 0 Å². The third-order valence-electron chi connectivity index (χ3n) is 10.0. The normalized spacial score (nSPS) is 11.6. The number of rotatable bonds is 5. The minimum atomic E-state index is 1.13. The van der Waals surface area contributed by atoms with Crippen molar-refractivity contribution < 1.29 is 0 Å². The van der Waals surface area contributed by atoms with Crippen molar-refractivity contribution in [2.45, 2.75) is 0 Å². The largest absolute Gasteiger partial charge is 0.309 e. The molecule has 50 heavy (non-hydrogen) atoms. The van der Waals surface area contributed by atoms with Gasteiger partial charge in [-0.15, -0.1) is 11.3 Å². The Hall–Kier alpha value is -6.22. The first-order valence-corrected chi connectivity index (χ1v) is 17.9. The van der Waals surface area contributed by atoms with Crippen molar-refractivity contribution in [3.8, 4) is 22.3 Å². The number of hydrogen-bond acceptors (Lipinski definition) is 2. The van der Waals surface area contributed by atoms with Gasteiger partial charge in [-0.2, -0.15) is 0 Å². The van der Waals surface area contributed by atoms with Gasteiger partial charge in [0, 0.05) is 31.2 Å². The predicted octanol–water partition coefficient (Wildman–Crippen LogP) is 14.3. The van der Waals surface area contributed by atoms with Gasteiger partial charge >= 0.3 is 0 Å². The molecule has 1 aromatic heterocycles. The monoisotopic (exact) mass is 653 g/mol. The summed E-state index contributed by atoms with van der Waals surface area (Å²) < 4.78 is 2.57. The molecule has 1 nitrogen and oxygen atoms in total. The van der Waals surface area contributed by atoms with Crippen LogP contribution in [0.5, 0.6) is 0 Å². The predicted molar refractivity (Wildman–Crippen MR) is 217 cm³/mol. The van der Waals surface area contributed by atoms with Crippen LogP contribution in [0.2, 0.25) is 0 Å². The molecule has 2 heteroatoms. The van der Waals surface area contributed by atoms with E-state index in [2.05, 4.69) is 193 Å². The highest BCUT2D eigenvalue weighted by molar-refractivity contribution is 7.26. The van der Waals surface area contributed by atoms with Crippen molar-refractivity contribution >= 4 is 80.9 Å². The fraction of sp³-hybridized carbons (Fsp3) is 0. The molecule has 0 spiro atoms. The number of thiophene rings is 1. The minimum Gasteiger partial charge on any atom is -0.309 e. The maximum atomic E-state index is 2.51. The summed E-state index contributed by atoms with van der Waals surface area (Å²) in [5.41, 5.74) is 8.36. The van der Waals surface area contributed by atoms with E-state index in [1.54, 1.807) is 0 Å². The molecular weight excluding hydrogens is 623 g/mol. The minimum absolute atomic E-state index is 1.13. The highest BCUT2D eigenvalue weighted by atomic mass is 32.1. The van der Waals surface area contributed by atoms with Gasteiger partial charge in [0.15, 0.2) is 0 Å². The van der Waals surface area contributed by atoms with Crippen molar-refractivity contribution in [3.05, 3.63) is 188 Å². The average molecular weight is 654 g/mol. The summed E-state index contributed by atoms with van der Waals surface area (Å²) in [6, 6.07) is 68.8. The molecule has 0 amide bonds. The van der Waals surface area contributed by atoms with Gasteiger partial charge in [-0.3, -0.25) is 0 Å². The smallest absolute Gasteiger partial charge is 0.0555 e. The Morgan fingerprint density at radius 2 is 1.02 bits per heavy atom. The van der Waals surface area contributed by atoms with Crippen LogP contribution in [0.4, 0.5) is 17.1 Å². The fourth-order valence-corrected chi connectivity index (χ4v) is 8.83. The van der Waals surface area contributed by atoms with Gasteiger partial charge in [0.2, 0.25) is 0 Å². The number of hydrogen-bond donors (Lipinski definition) is 0. The maximum Gasteiger partial charge on any atom is 0.0555 e. The highest BCUT2D eigenvalue weighted by Crippen LogP contribution is 2.48. The molecule has 0 aliphatic carbocycles. The summed E-state index contributed by atoms with van der Waals surface area (Å²) in [4.78, 5) is 2.51. The van der Waals surface area contributed by atoms with Gasteiger partial charge < -0.3 is 4.90 Å². The first-order valence-electron chi connectivity index (χ1n) is 17.1. The van der Waals surface area contributed by atoms with Crippen LogP contribution in [-0.2, 0) is 0 Å². The summed E-state index contributed by atoms with van der Waals surface area (Å²) in [6.07, 6.45) is 0. The fourth-order valence-electron chi connectivity index (χ4n) is 7.72. The van der Waals surface area contributed by atoms with Crippen molar-refractivity contribution in [2.75, 3.05) is 4.90 Å². The topological polar surface area (TPSA) is 3.24 Å². The van der Waals surface area contributed by atoms with Crippen LogP contribution >= 0.6 is 11.3 Å². The van der Waals surface area contributed by atoms with E-state index >= 15 is 0 Å². The zero-order chi connectivity index (χ0) is 33.0. The lowest BCUT2D eigenvalue weighted by Gasteiger charge is -2.29. The van der Waals surface area contributed by atoms with Gasteiger partial charge in [-0.05, 0) is 91.6 Å². The van der Waals surface area contributed by atoms with Gasteiger partial charge in [-0.25, -0.2) is 0 Å². The molecule has 0 aliphatic heterocycles. The molecule has 0 unspecified atom stereocenters. The molecule has 10 rings (SSSR count). The molecule has 10 aromatic rings. The summed E-state index contributed by atoms with van der Waals surface area (Å²) in [5, 5.41) is 10.0. The third kappa shape index (κ3) is 4.69. The lowest BCUT2D eigenvalue weighted by molar-refractivity contribution is 1.32. The van der Waals surface area contributed by atoms with E-state index < -0.39 is 0 Å². The molecule has 0 atom stereocenters. The molecule has 1 heterocycles. The quantitative estimate of drug-likeness (QED) is 0.167. The zero-order valence-electron chi connectivity index (χ0n) is 27.3. The van der Waals surface area contributed by atoms with Gasteiger partial charge in [0.05, 0.1) is 11.4 Å². The molecule has 0 saturated heterocycles. The molecule has 0 saturated carbocycles. The standard InChI is InChI=1S/C48H31NS/c1-2-13-32(14-3-1)34-27-28-46-43(30-34)48-44(25-12-26-47(48)50-46)49(45-31-36-16-5-7-21-40(36)41-22-8-9-23-42(41)45)37-19-10-18-35(29-37)39-24-11-17-33-15-4-6-20-38(33)39/h1-31H. The third-order valence-corrected chi connectivity index (χ3v) is 11.1. The van der Waals surface area contributed by atoms with Crippen LogP contribution in [-0.4, -0.2) is 0 Å². The Morgan fingerprint density at radius 1 is 0.340 bits per heavy atom. The molecule has 0 fully saturated rings. The lowest BCUT2D eigenvalue weighted by atomic mass is 9.96. The van der Waals surface area contributed by atoms with Crippen molar-refractivity contribution in [1.29, 1.82) is 0 Å². The van der Waals surface area contributed by atoms with Crippen molar-refractivity contribution in [2.24, 2.45) is 0 Å². The molecule has 0 N–H and O–H groups in total. The Bertz CT molecular complexity index is 2880. The SMILES string of the molecule is c1ccc(-c2ccc3sc4cccc(N(c5cccc(-c6cccc7ccccc67)c5)c5cc6ccccc6c6ccccc56)c4c3c2)cc1. The van der Waals surface area contributed by atoms with Gasteiger partial charge in [-0.1, -0.05) is 146 Å². The molecule has 0 aliphatic rings. The van der Waals surface area contributed by atoms with E-state index in [4.69, 9.17) is 0 Å². The lowest BCUT2D eigenvalue weighted by Crippen LogP contribution is -2.11. The van der Waals surface area contributed by atoms with E-state index in [9.17, 15) is 0 Å². The van der Waals surface area contributed by atoms with Crippen LogP contribution in [0.25, 0.3) is 74.7 Å². The number of nitrogens with zero attached hydrogens (tertiary/aromatic N) is 1. The summed E-state index contributed by atoms with van der Waals surface area (Å²) in [6.45, 7) is 0. The van der Waals surface area contributed by atoms with Gasteiger partial charge in [0.1, 0.15) is 0 Å². The van der Waals surface area contributed by atoms with E-state index in [0.29, 0.717) is 0 Å². The van der Waals surface area contributed by atoms with Crippen LogP contribution in [0.15, 0.2) is 188 Å². The zero-order valence-corrected chi connectivity index (χ0v) is 28.1. The molecule has 234 valence electrons. The van der Waals surface area contributed by atoms with Crippen molar-refractivity contribution in [1.82, 2.24) is 0 Å². The van der Waals surface area contributed by atoms with Crippen LogP contribution in [0, 0.1) is 0 Å². The van der Waals surface area contributed by atoms with E-state index in [1.165, 1.54) is 86.1 Å². The van der Waals surface area contributed by atoms with Crippen LogP contribution in [0.3, 0.4) is 0 Å². The Balaban J connectivity index is 1.29. The average Bonchev–Trinajstić information content (AvgIpc) is 3.57. The molecule has 9 aromatic carbocycles. The molecular formula is C48H31NS. The number of benzene rings is 9. The summed E-state index contributed by atoms with van der Waals surface area (Å²) >= 11 is 1.87. The Morgan fingerprint density at radius 3 is 1.90 bits per heavy atom. The maximum absolute atomic E-state index is 2.51. The first-order chi connectivity index (χ1) is 24.8. The summed E-state index contributed by atoms with van der Waals surface area (Å²) in [5.74, 6) is 0. The number of anilines is 3. The van der Waals surface area contributed by atoms with Crippen molar-refractivity contribution in [3.63, 3.8) is 0 Å². The van der Waals surface area contributed by atoms with Gasteiger partial charge in [0.25, 0.3) is 0 Å². The second kappa shape index (κ2) is 11.7.